The highest BCUT2D eigenvalue weighted by Gasteiger charge is 2.56. The molecule has 1 rings (SSSR count). The maximum absolute atomic E-state index is 5.79. The van der Waals surface area contributed by atoms with E-state index >= 15 is 0 Å². The summed E-state index contributed by atoms with van der Waals surface area (Å²) in [5.74, 6) is 0. The van der Waals surface area contributed by atoms with Crippen molar-refractivity contribution in [3.8, 4) is 0 Å². The summed E-state index contributed by atoms with van der Waals surface area (Å²) in [6, 6.07) is 0. The van der Waals surface area contributed by atoms with E-state index < -0.39 is 8.97 Å². The van der Waals surface area contributed by atoms with E-state index in [2.05, 4.69) is 25.3 Å². The number of hydrogen-bond donors (Lipinski definition) is 0. The smallest absolute Gasteiger partial charge is 0.361 e. The topological polar surface area (TPSA) is 30.9 Å². The van der Waals surface area contributed by atoms with Crippen LogP contribution >= 0.6 is 0 Å². The summed E-state index contributed by atoms with van der Waals surface area (Å²) in [6.07, 6.45) is 0. The zero-order chi connectivity index (χ0) is 11.5. The summed E-state index contributed by atoms with van der Waals surface area (Å²) < 4.78 is 19.6. The van der Waals surface area contributed by atoms with Gasteiger partial charge in [-0.05, 0) is 34.6 Å². The van der Waals surface area contributed by atoms with Crippen LogP contribution in [0.15, 0.2) is 0 Å². The molecule has 1 aliphatic rings. The lowest BCUT2D eigenvalue weighted by atomic mass is 10.1. The quantitative estimate of drug-likeness (QED) is 0.691. The first kappa shape index (κ1) is 13.1. The van der Waals surface area contributed by atoms with Gasteiger partial charge in [0.2, 0.25) is 0 Å². The van der Waals surface area contributed by atoms with Gasteiger partial charge in [-0.25, -0.2) is 4.57 Å². The lowest BCUT2D eigenvalue weighted by Crippen LogP contribution is -2.62. The van der Waals surface area contributed by atoms with Gasteiger partial charge < -0.3 is 13.3 Å². The molecule has 90 valence electrons. The number of hydrogen-bond acceptors (Lipinski definition) is 4. The second kappa shape index (κ2) is 4.93. The van der Waals surface area contributed by atoms with Crippen LogP contribution in [0.4, 0.5) is 0 Å². The molecule has 0 aromatic carbocycles. The Bertz CT molecular complexity index is 199. The average molecular weight is 233 g/mol. The minimum absolute atomic E-state index is 0.0348. The Morgan fingerprint density at radius 1 is 1.20 bits per heavy atom. The molecule has 0 aliphatic carbocycles. The molecule has 0 N–H and O–H groups in total. The minimum atomic E-state index is -2.56. The monoisotopic (exact) mass is 233 g/mol. The Kier molecular flexibility index (Phi) is 4.31. The van der Waals surface area contributed by atoms with Gasteiger partial charge in [0.25, 0.3) is 0 Å². The third kappa shape index (κ3) is 2.79. The van der Waals surface area contributed by atoms with Crippen molar-refractivity contribution in [1.29, 1.82) is 0 Å². The number of nitrogens with zero attached hydrogens (tertiary/aromatic N) is 1. The van der Waals surface area contributed by atoms with Gasteiger partial charge in [0.1, 0.15) is 0 Å². The van der Waals surface area contributed by atoms with E-state index in [9.17, 15) is 0 Å². The van der Waals surface area contributed by atoms with Crippen LogP contribution in [0.1, 0.15) is 34.6 Å². The Morgan fingerprint density at radius 2 is 1.73 bits per heavy atom. The first-order chi connectivity index (χ1) is 6.96. The maximum atomic E-state index is 5.79. The molecule has 1 fully saturated rings. The molecule has 0 aromatic rings. The highest BCUT2D eigenvalue weighted by Crippen LogP contribution is 2.29. The van der Waals surface area contributed by atoms with Gasteiger partial charge in [0, 0.05) is 25.3 Å². The van der Waals surface area contributed by atoms with Crippen LogP contribution in [-0.4, -0.2) is 45.4 Å². The van der Waals surface area contributed by atoms with Gasteiger partial charge in [0.05, 0.1) is 6.61 Å². The fraction of sp³-hybridized carbons (Fsp3) is 1.00. The predicted molar refractivity (Wildman–Crippen MR) is 61.4 cm³/mol. The van der Waals surface area contributed by atoms with Gasteiger partial charge >= 0.3 is 8.97 Å². The van der Waals surface area contributed by atoms with Crippen molar-refractivity contribution in [2.75, 3.05) is 26.4 Å². The molecule has 1 aliphatic heterocycles. The molecule has 0 radical (unpaired) electrons. The first-order valence-electron chi connectivity index (χ1n) is 5.66. The third-order valence-corrected chi connectivity index (χ3v) is 5.82. The van der Waals surface area contributed by atoms with E-state index in [4.69, 9.17) is 13.3 Å². The normalized spacial score (nSPS) is 22.2. The molecule has 5 heteroatoms. The van der Waals surface area contributed by atoms with Gasteiger partial charge in [-0.1, -0.05) is 0 Å². The minimum Gasteiger partial charge on any atom is -0.361 e. The SMILES string of the molecule is CCO[Si]1(OCC)OCCN1C(C)(C)C. The van der Waals surface area contributed by atoms with Crippen molar-refractivity contribution >= 4 is 8.97 Å². The third-order valence-electron chi connectivity index (χ3n) is 2.39. The molecule has 0 unspecified atom stereocenters. The lowest BCUT2D eigenvalue weighted by molar-refractivity contribution is 0.0397. The fourth-order valence-electron chi connectivity index (χ4n) is 1.87. The van der Waals surface area contributed by atoms with Crippen molar-refractivity contribution in [2.24, 2.45) is 0 Å². The first-order valence-corrected chi connectivity index (χ1v) is 7.33. The summed E-state index contributed by atoms with van der Waals surface area (Å²) in [5, 5.41) is 0. The fourth-order valence-corrected chi connectivity index (χ4v) is 4.86. The number of rotatable bonds is 4. The molecule has 0 saturated carbocycles. The van der Waals surface area contributed by atoms with Crippen LogP contribution in [0.2, 0.25) is 0 Å². The van der Waals surface area contributed by atoms with E-state index in [1.807, 2.05) is 13.8 Å². The largest absolute Gasteiger partial charge is 0.600 e. The van der Waals surface area contributed by atoms with Crippen molar-refractivity contribution in [3.63, 3.8) is 0 Å². The van der Waals surface area contributed by atoms with Crippen molar-refractivity contribution < 1.29 is 13.3 Å². The Balaban J connectivity index is 2.84. The van der Waals surface area contributed by atoms with Crippen LogP contribution in [0.3, 0.4) is 0 Å². The molecule has 4 nitrogen and oxygen atoms in total. The maximum Gasteiger partial charge on any atom is 0.600 e. The van der Waals surface area contributed by atoms with Crippen LogP contribution < -0.4 is 0 Å². The second-order valence-corrected chi connectivity index (χ2v) is 7.01. The van der Waals surface area contributed by atoms with E-state index in [-0.39, 0.29) is 5.54 Å². The average Bonchev–Trinajstić information content (AvgIpc) is 2.49. The lowest BCUT2D eigenvalue weighted by Gasteiger charge is -2.39. The van der Waals surface area contributed by atoms with Crippen molar-refractivity contribution in [1.82, 2.24) is 4.57 Å². The Hall–Kier alpha value is 0.0569. The molecule has 1 saturated heterocycles. The van der Waals surface area contributed by atoms with Gasteiger partial charge in [-0.2, -0.15) is 0 Å². The van der Waals surface area contributed by atoms with E-state index in [1.165, 1.54) is 0 Å². The zero-order valence-electron chi connectivity index (χ0n) is 10.5. The van der Waals surface area contributed by atoms with E-state index in [1.54, 1.807) is 0 Å². The highest BCUT2D eigenvalue weighted by atomic mass is 28.4. The molecular weight excluding hydrogens is 210 g/mol. The summed E-state index contributed by atoms with van der Waals surface area (Å²) in [5.41, 5.74) is 0.0348. The van der Waals surface area contributed by atoms with Crippen molar-refractivity contribution in [3.05, 3.63) is 0 Å². The van der Waals surface area contributed by atoms with Crippen LogP contribution in [0.5, 0.6) is 0 Å². The van der Waals surface area contributed by atoms with Gasteiger partial charge in [-0.15, -0.1) is 0 Å². The Labute approximate surface area is 93.9 Å². The summed E-state index contributed by atoms with van der Waals surface area (Å²) in [4.78, 5) is 0. The summed E-state index contributed by atoms with van der Waals surface area (Å²) in [7, 11) is -2.56. The van der Waals surface area contributed by atoms with E-state index in [0.717, 1.165) is 6.54 Å². The standard InChI is InChI=1S/C10H23NO3Si/c1-6-12-15(13-7-2)11(8-9-14-15)10(3,4)5/h6-9H2,1-5H3. The van der Waals surface area contributed by atoms with E-state index in [0.29, 0.717) is 19.8 Å². The molecule has 0 spiro atoms. The summed E-state index contributed by atoms with van der Waals surface area (Å²) >= 11 is 0. The predicted octanol–water partition coefficient (Wildman–Crippen LogP) is 1.63. The molecular formula is C10H23NO3Si. The van der Waals surface area contributed by atoms with Gasteiger partial charge in [-0.3, -0.25) is 0 Å². The Morgan fingerprint density at radius 3 is 2.13 bits per heavy atom. The zero-order valence-corrected chi connectivity index (χ0v) is 11.5. The molecule has 0 aromatic heterocycles. The molecule has 0 bridgehead atoms. The van der Waals surface area contributed by atoms with Gasteiger partial charge in [0.15, 0.2) is 0 Å². The van der Waals surface area contributed by atoms with Crippen LogP contribution in [-0.2, 0) is 13.3 Å². The van der Waals surface area contributed by atoms with Crippen LogP contribution in [0.25, 0.3) is 0 Å². The highest BCUT2D eigenvalue weighted by molar-refractivity contribution is 6.58. The van der Waals surface area contributed by atoms with Crippen molar-refractivity contribution in [2.45, 2.75) is 40.2 Å². The second-order valence-electron chi connectivity index (χ2n) is 4.56. The molecule has 0 amide bonds. The summed E-state index contributed by atoms with van der Waals surface area (Å²) in [6.45, 7) is 13.4. The molecule has 1 heterocycles. The van der Waals surface area contributed by atoms with Crippen LogP contribution in [0, 0.1) is 0 Å². The molecule has 0 atom stereocenters. The molecule has 15 heavy (non-hydrogen) atoms.